The normalized spacial score (nSPS) is 10.6. The van der Waals surface area contributed by atoms with E-state index < -0.39 is 5.91 Å². The number of halogens is 3. The average Bonchev–Trinajstić information content (AvgIpc) is 2.82. The second kappa shape index (κ2) is 7.47. The molecule has 0 aliphatic heterocycles. The molecule has 3 N–H and O–H groups in total. The number of Topliss-reactive ketones (excluding diaryl/α,β-unsaturated/α-hetero) is 1. The molecule has 0 bridgehead atoms. The third-order valence-corrected chi connectivity index (χ3v) is 4.35. The smallest absolute Gasteiger partial charge is 0.286 e. The molecule has 128 valence electrons. The van der Waals surface area contributed by atoms with Gasteiger partial charge in [-0.3, -0.25) is 20.4 Å². The number of carbonyl (C=O) groups is 2. The Balaban J connectivity index is 2.26. The second-order valence-electron chi connectivity index (χ2n) is 5.21. The number of rotatable bonds is 5. The van der Waals surface area contributed by atoms with E-state index in [1.807, 2.05) is 6.92 Å². The topological polar surface area (TPSA) is 74.0 Å². The molecule has 0 aliphatic carbocycles. The van der Waals surface area contributed by atoms with Crippen LogP contribution in [-0.4, -0.2) is 16.7 Å². The van der Waals surface area contributed by atoms with Crippen molar-refractivity contribution in [1.82, 2.24) is 10.4 Å². The van der Waals surface area contributed by atoms with Crippen LogP contribution < -0.4 is 10.9 Å². The Hall–Kier alpha value is -1.69. The van der Waals surface area contributed by atoms with E-state index in [2.05, 4.69) is 15.8 Å². The van der Waals surface area contributed by atoms with Gasteiger partial charge in [-0.1, -0.05) is 41.7 Å². The fraction of sp³-hybridized carbons (Fsp3) is 0.250. The van der Waals surface area contributed by atoms with Crippen molar-refractivity contribution in [3.05, 3.63) is 49.7 Å². The van der Waals surface area contributed by atoms with Crippen LogP contribution in [0.1, 0.15) is 46.0 Å². The molecule has 2 rings (SSSR count). The first-order valence-corrected chi connectivity index (χ1v) is 8.32. The molecule has 24 heavy (non-hydrogen) atoms. The van der Waals surface area contributed by atoms with Crippen molar-refractivity contribution in [3.8, 4) is 0 Å². The van der Waals surface area contributed by atoms with E-state index in [9.17, 15) is 9.59 Å². The molecule has 5 nitrogen and oxygen atoms in total. The van der Waals surface area contributed by atoms with Gasteiger partial charge in [0.1, 0.15) is 5.69 Å². The van der Waals surface area contributed by atoms with E-state index in [-0.39, 0.29) is 15.8 Å². The van der Waals surface area contributed by atoms with Crippen molar-refractivity contribution in [1.29, 1.82) is 0 Å². The van der Waals surface area contributed by atoms with Crippen molar-refractivity contribution < 1.29 is 9.59 Å². The van der Waals surface area contributed by atoms with Crippen molar-refractivity contribution in [2.24, 2.45) is 0 Å². The molecule has 1 aromatic carbocycles. The van der Waals surface area contributed by atoms with Crippen molar-refractivity contribution in [2.75, 3.05) is 5.43 Å². The Morgan fingerprint density at radius 2 is 1.75 bits per heavy atom. The summed E-state index contributed by atoms with van der Waals surface area (Å²) >= 11 is 18.0. The molecule has 1 aromatic heterocycles. The van der Waals surface area contributed by atoms with Gasteiger partial charge in [-0.25, -0.2) is 0 Å². The SMILES string of the molecule is CCc1c(C(=O)NNc2c(Cl)cc(Cl)cc2Cl)[nH]c(C)c1C(C)=O. The number of anilines is 1. The first kappa shape index (κ1) is 18.6. The number of hydrogen-bond donors (Lipinski definition) is 3. The van der Waals surface area contributed by atoms with E-state index in [1.54, 1.807) is 6.92 Å². The van der Waals surface area contributed by atoms with Gasteiger partial charge in [0.05, 0.1) is 15.7 Å². The van der Waals surface area contributed by atoms with Gasteiger partial charge in [-0.15, -0.1) is 0 Å². The predicted molar refractivity (Wildman–Crippen MR) is 97.5 cm³/mol. The highest BCUT2D eigenvalue weighted by atomic mass is 35.5. The molecule has 1 amide bonds. The van der Waals surface area contributed by atoms with Crippen LogP contribution >= 0.6 is 34.8 Å². The summed E-state index contributed by atoms with van der Waals surface area (Å²) in [5.74, 6) is -0.513. The zero-order valence-corrected chi connectivity index (χ0v) is 15.6. The summed E-state index contributed by atoms with van der Waals surface area (Å²) in [6.07, 6.45) is 0.546. The maximum Gasteiger partial charge on any atom is 0.286 e. The minimum Gasteiger partial charge on any atom is -0.354 e. The number of amides is 1. The zero-order chi connectivity index (χ0) is 18.0. The minimum absolute atomic E-state index is 0.0867. The van der Waals surface area contributed by atoms with Crippen LogP contribution in [0.15, 0.2) is 12.1 Å². The van der Waals surface area contributed by atoms with Crippen molar-refractivity contribution >= 4 is 52.2 Å². The molecular formula is C16H16Cl3N3O2. The number of hydrogen-bond acceptors (Lipinski definition) is 3. The third-order valence-electron chi connectivity index (χ3n) is 3.53. The van der Waals surface area contributed by atoms with E-state index in [0.717, 1.165) is 0 Å². The van der Waals surface area contributed by atoms with Gasteiger partial charge >= 0.3 is 0 Å². The Morgan fingerprint density at radius 1 is 1.17 bits per heavy atom. The zero-order valence-electron chi connectivity index (χ0n) is 13.3. The van der Waals surface area contributed by atoms with Crippen molar-refractivity contribution in [2.45, 2.75) is 27.2 Å². The van der Waals surface area contributed by atoms with E-state index in [0.29, 0.717) is 39.6 Å². The van der Waals surface area contributed by atoms with Crippen molar-refractivity contribution in [3.63, 3.8) is 0 Å². The lowest BCUT2D eigenvalue weighted by molar-refractivity contribution is 0.0957. The molecule has 0 atom stereocenters. The number of aromatic amines is 1. The molecule has 0 saturated carbocycles. The number of benzene rings is 1. The molecule has 1 heterocycles. The molecule has 0 spiro atoms. The fourth-order valence-electron chi connectivity index (χ4n) is 2.54. The quantitative estimate of drug-likeness (QED) is 0.508. The van der Waals surface area contributed by atoms with Gasteiger partial charge in [-0.05, 0) is 38.0 Å². The predicted octanol–water partition coefficient (Wildman–Crippen LogP) is 4.81. The monoisotopic (exact) mass is 387 g/mol. The van der Waals surface area contributed by atoms with Gasteiger partial charge in [0, 0.05) is 16.3 Å². The summed E-state index contributed by atoms with van der Waals surface area (Å²) in [5, 5.41) is 0.937. The number of aryl methyl sites for hydroxylation is 1. The Morgan fingerprint density at radius 3 is 2.25 bits per heavy atom. The number of nitrogens with one attached hydrogen (secondary N) is 3. The van der Waals surface area contributed by atoms with Crippen LogP contribution in [0.25, 0.3) is 0 Å². The van der Waals surface area contributed by atoms with Crippen LogP contribution in [0.3, 0.4) is 0 Å². The Kier molecular flexibility index (Phi) is 5.80. The maximum atomic E-state index is 12.4. The molecule has 2 aromatic rings. The highest BCUT2D eigenvalue weighted by Crippen LogP contribution is 2.33. The van der Waals surface area contributed by atoms with Gasteiger partial charge in [0.15, 0.2) is 5.78 Å². The van der Waals surface area contributed by atoms with Crippen LogP contribution in [0.2, 0.25) is 15.1 Å². The highest BCUT2D eigenvalue weighted by Gasteiger charge is 2.21. The maximum absolute atomic E-state index is 12.4. The van der Waals surface area contributed by atoms with Crippen LogP contribution in [0.5, 0.6) is 0 Å². The lowest BCUT2D eigenvalue weighted by atomic mass is 10.0. The summed E-state index contributed by atoms with van der Waals surface area (Å²) < 4.78 is 0. The first-order valence-electron chi connectivity index (χ1n) is 7.19. The summed E-state index contributed by atoms with van der Waals surface area (Å²) in [6, 6.07) is 3.02. The Labute approximate surface area is 154 Å². The molecule has 8 heteroatoms. The number of aromatic nitrogens is 1. The Bertz CT molecular complexity index is 792. The van der Waals surface area contributed by atoms with Gasteiger partial charge in [0.25, 0.3) is 5.91 Å². The summed E-state index contributed by atoms with van der Waals surface area (Å²) in [6.45, 7) is 5.11. The van der Waals surface area contributed by atoms with Gasteiger partial charge in [-0.2, -0.15) is 0 Å². The molecule has 0 aliphatic rings. The van der Waals surface area contributed by atoms with Crippen LogP contribution in [0, 0.1) is 6.92 Å². The van der Waals surface area contributed by atoms with E-state index in [1.165, 1.54) is 19.1 Å². The first-order chi connectivity index (χ1) is 11.3. The lowest BCUT2D eigenvalue weighted by Gasteiger charge is -2.12. The number of carbonyl (C=O) groups excluding carboxylic acids is 2. The summed E-state index contributed by atoms with van der Waals surface area (Å²) in [5.41, 5.74) is 7.76. The standard InChI is InChI=1S/C16H16Cl3N3O2/c1-4-10-13(8(3)23)7(2)20-14(10)16(24)22-21-15-11(18)5-9(17)6-12(15)19/h5-6,20-21H,4H2,1-3H3,(H,22,24). The molecule has 0 unspecified atom stereocenters. The summed E-state index contributed by atoms with van der Waals surface area (Å²) in [4.78, 5) is 27.2. The van der Waals surface area contributed by atoms with Gasteiger partial charge in [0.2, 0.25) is 0 Å². The molecule has 0 saturated heterocycles. The van der Waals surface area contributed by atoms with Crippen LogP contribution in [-0.2, 0) is 6.42 Å². The minimum atomic E-state index is -0.426. The molecule has 0 fully saturated rings. The lowest BCUT2D eigenvalue weighted by Crippen LogP contribution is -2.30. The number of H-pyrrole nitrogens is 1. The number of ketones is 1. The average molecular weight is 389 g/mol. The highest BCUT2D eigenvalue weighted by molar-refractivity contribution is 6.41. The third kappa shape index (κ3) is 3.69. The van der Waals surface area contributed by atoms with Crippen LogP contribution in [0.4, 0.5) is 5.69 Å². The largest absolute Gasteiger partial charge is 0.354 e. The van der Waals surface area contributed by atoms with E-state index in [4.69, 9.17) is 34.8 Å². The second-order valence-corrected chi connectivity index (χ2v) is 6.46. The summed E-state index contributed by atoms with van der Waals surface area (Å²) in [7, 11) is 0. The molecule has 0 radical (unpaired) electrons. The van der Waals surface area contributed by atoms with Gasteiger partial charge < -0.3 is 4.98 Å². The van der Waals surface area contributed by atoms with E-state index >= 15 is 0 Å². The fourth-order valence-corrected chi connectivity index (χ4v) is 3.46. The number of hydrazine groups is 1. The molecular weight excluding hydrogens is 373 g/mol.